The minimum absolute atomic E-state index is 0.102. The van der Waals surface area contributed by atoms with Gasteiger partial charge in [0.05, 0.1) is 18.9 Å². The average molecular weight is 335 g/mol. The van der Waals surface area contributed by atoms with Crippen LogP contribution in [0.5, 0.6) is 0 Å². The molecule has 1 aromatic carbocycles. The predicted molar refractivity (Wildman–Crippen MR) is 101 cm³/mol. The Kier molecular flexibility index (Phi) is 7.44. The van der Waals surface area contributed by atoms with Gasteiger partial charge in [-0.1, -0.05) is 18.7 Å². The van der Waals surface area contributed by atoms with Crippen molar-refractivity contribution in [3.63, 3.8) is 0 Å². The fourth-order valence-electron chi connectivity index (χ4n) is 2.00. The number of hydrogen-bond acceptors (Lipinski definition) is 2. The smallest absolute Gasteiger partial charge is 0.247 e. The molecule has 0 fully saturated rings. The lowest BCUT2D eigenvalue weighted by Crippen LogP contribution is -2.31. The third kappa shape index (κ3) is 6.96. The van der Waals surface area contributed by atoms with Crippen LogP contribution in [0.1, 0.15) is 19.4 Å². The maximum atomic E-state index is 11.9. The minimum atomic E-state index is -0.900. The monoisotopic (exact) mass is 335 g/mol. The van der Waals surface area contributed by atoms with E-state index in [9.17, 15) is 9.59 Å². The summed E-state index contributed by atoms with van der Waals surface area (Å²) in [6.07, 6.45) is 3.54. The fourth-order valence-corrected chi connectivity index (χ4v) is 3.10. The Bertz CT molecular complexity index is 553. The number of rotatable bonds is 8. The molecule has 0 aliphatic carbocycles. The molecular weight excluding hydrogens is 307 g/mol. The molecule has 0 saturated carbocycles. The number of nitrogens with one attached hydrogen (secondary N) is 1. The molecule has 0 radical (unpaired) electrons. The Balaban J connectivity index is 2.68. The number of benzene rings is 1. The van der Waals surface area contributed by atoms with Gasteiger partial charge in [0.25, 0.3) is 0 Å². The summed E-state index contributed by atoms with van der Waals surface area (Å²) in [5.74, 6) is -0.126. The van der Waals surface area contributed by atoms with Crippen molar-refractivity contribution in [1.82, 2.24) is 4.90 Å². The average Bonchev–Trinajstić information content (AvgIpc) is 2.52. The molecule has 4 nitrogen and oxygen atoms in total. The van der Waals surface area contributed by atoms with Crippen LogP contribution in [0, 0.1) is 0 Å². The zero-order valence-corrected chi connectivity index (χ0v) is 15.5. The highest BCUT2D eigenvalue weighted by atomic mass is 31.2. The van der Waals surface area contributed by atoms with Crippen molar-refractivity contribution < 1.29 is 9.59 Å². The van der Waals surface area contributed by atoms with Gasteiger partial charge in [0, 0.05) is 39.7 Å². The second-order valence-corrected chi connectivity index (χ2v) is 11.3. The molecule has 5 heteroatoms. The maximum Gasteiger partial charge on any atom is 0.247 e. The van der Waals surface area contributed by atoms with E-state index in [1.165, 1.54) is 12.2 Å². The van der Waals surface area contributed by atoms with Gasteiger partial charge in [-0.05, 0) is 30.7 Å². The summed E-state index contributed by atoms with van der Waals surface area (Å²) >= 11 is 0. The highest BCUT2D eigenvalue weighted by Crippen LogP contribution is 2.50. The van der Waals surface area contributed by atoms with E-state index in [2.05, 4.69) is 32.1 Å². The lowest BCUT2D eigenvalue weighted by molar-refractivity contribution is -0.129. The minimum Gasteiger partial charge on any atom is -0.335 e. The van der Waals surface area contributed by atoms with Crippen LogP contribution in [0.2, 0.25) is 0 Å². The first-order valence-electron chi connectivity index (χ1n) is 7.87. The fraction of sp³-hybridized carbons (Fsp3) is 0.444. The number of carbonyl (C=O) groups excluding carboxylic acids is 2. The zero-order chi connectivity index (χ0) is 17.5. The molecule has 2 amide bonds. The van der Waals surface area contributed by atoms with Gasteiger partial charge in [0.1, 0.15) is 0 Å². The summed E-state index contributed by atoms with van der Waals surface area (Å²) in [5, 5.41) is 2.71. The van der Waals surface area contributed by atoms with Crippen molar-refractivity contribution in [3.05, 3.63) is 42.5 Å². The molecule has 0 aromatic heterocycles. The molecule has 0 spiro atoms. The Labute approximate surface area is 140 Å². The Morgan fingerprint density at radius 2 is 1.87 bits per heavy atom. The quantitative estimate of drug-likeness (QED) is 0.584. The molecule has 1 N–H and O–H groups in total. The SMILES string of the molecule is C=CC(=O)Nc1ccc(CN(CC[P+](C)(C)CC)C(C)=O)cc1. The second kappa shape index (κ2) is 8.83. The van der Waals surface area contributed by atoms with Gasteiger partial charge in [0.15, 0.2) is 0 Å². The zero-order valence-electron chi connectivity index (χ0n) is 14.6. The lowest BCUT2D eigenvalue weighted by atomic mass is 10.2. The van der Waals surface area contributed by atoms with Gasteiger partial charge in [-0.2, -0.15) is 0 Å². The van der Waals surface area contributed by atoms with Gasteiger partial charge >= 0.3 is 0 Å². The molecule has 126 valence electrons. The van der Waals surface area contributed by atoms with Gasteiger partial charge in [-0.15, -0.1) is 0 Å². The number of amides is 2. The lowest BCUT2D eigenvalue weighted by Gasteiger charge is -2.24. The molecule has 0 aliphatic heterocycles. The van der Waals surface area contributed by atoms with Crippen LogP contribution < -0.4 is 5.32 Å². The molecule has 0 heterocycles. The third-order valence-corrected chi connectivity index (χ3v) is 7.18. The number of carbonyl (C=O) groups is 2. The Hall–Kier alpha value is -1.67. The summed E-state index contributed by atoms with van der Waals surface area (Å²) in [7, 11) is -0.900. The number of hydrogen-bond donors (Lipinski definition) is 1. The highest BCUT2D eigenvalue weighted by Gasteiger charge is 2.24. The van der Waals surface area contributed by atoms with Crippen LogP contribution in [0.4, 0.5) is 5.69 Å². The topological polar surface area (TPSA) is 49.4 Å². The number of anilines is 1. The van der Waals surface area contributed by atoms with Crippen molar-refractivity contribution in [1.29, 1.82) is 0 Å². The third-order valence-electron chi connectivity index (χ3n) is 4.06. The predicted octanol–water partition coefficient (Wildman–Crippen LogP) is 3.46. The van der Waals surface area contributed by atoms with E-state index >= 15 is 0 Å². The van der Waals surface area contributed by atoms with Crippen molar-refractivity contribution in [2.24, 2.45) is 0 Å². The summed E-state index contributed by atoms with van der Waals surface area (Å²) in [4.78, 5) is 25.0. The summed E-state index contributed by atoms with van der Waals surface area (Å²) in [5.41, 5.74) is 1.79. The van der Waals surface area contributed by atoms with E-state index in [0.717, 1.165) is 24.0 Å². The van der Waals surface area contributed by atoms with Crippen molar-refractivity contribution in [2.45, 2.75) is 20.4 Å². The molecular formula is C18H28N2O2P+. The molecule has 0 atom stereocenters. The first-order valence-corrected chi connectivity index (χ1v) is 10.9. The standard InChI is InChI=1S/C18H27N2O2P/c1-6-18(22)19-17-10-8-16(9-11-17)14-20(15(3)21)12-13-23(4,5)7-2/h6,8-11H,1,7,12-14H2,2-5H3/p+1. The summed E-state index contributed by atoms with van der Waals surface area (Å²) in [6.45, 7) is 13.4. The largest absolute Gasteiger partial charge is 0.335 e. The summed E-state index contributed by atoms with van der Waals surface area (Å²) < 4.78 is 0. The molecule has 0 unspecified atom stereocenters. The van der Waals surface area contributed by atoms with E-state index in [-0.39, 0.29) is 11.8 Å². The van der Waals surface area contributed by atoms with E-state index in [1.54, 1.807) is 6.92 Å². The molecule has 0 saturated heterocycles. The Morgan fingerprint density at radius 3 is 2.35 bits per heavy atom. The first kappa shape index (κ1) is 19.4. The van der Waals surface area contributed by atoms with E-state index in [1.807, 2.05) is 29.2 Å². The molecule has 1 rings (SSSR count). The van der Waals surface area contributed by atoms with Crippen LogP contribution in [0.25, 0.3) is 0 Å². The highest BCUT2D eigenvalue weighted by molar-refractivity contribution is 7.74. The van der Waals surface area contributed by atoms with Gasteiger partial charge < -0.3 is 10.2 Å². The van der Waals surface area contributed by atoms with Gasteiger partial charge in [0.2, 0.25) is 11.8 Å². The van der Waals surface area contributed by atoms with E-state index in [0.29, 0.717) is 6.54 Å². The van der Waals surface area contributed by atoms with Crippen LogP contribution in [0.3, 0.4) is 0 Å². The van der Waals surface area contributed by atoms with Crippen molar-refractivity contribution >= 4 is 24.8 Å². The molecule has 0 aliphatic rings. The summed E-state index contributed by atoms with van der Waals surface area (Å²) in [6, 6.07) is 7.57. The molecule has 0 bridgehead atoms. The van der Waals surface area contributed by atoms with Crippen molar-refractivity contribution in [3.8, 4) is 0 Å². The maximum absolute atomic E-state index is 11.9. The van der Waals surface area contributed by atoms with Crippen LogP contribution in [0.15, 0.2) is 36.9 Å². The van der Waals surface area contributed by atoms with E-state index in [4.69, 9.17) is 0 Å². The van der Waals surface area contributed by atoms with Crippen LogP contribution >= 0.6 is 7.26 Å². The number of nitrogens with zero attached hydrogens (tertiary/aromatic N) is 1. The molecule has 23 heavy (non-hydrogen) atoms. The van der Waals surface area contributed by atoms with E-state index < -0.39 is 7.26 Å². The first-order chi connectivity index (χ1) is 10.8. The van der Waals surface area contributed by atoms with Gasteiger partial charge in [-0.25, -0.2) is 0 Å². The van der Waals surface area contributed by atoms with Crippen LogP contribution in [-0.2, 0) is 16.1 Å². The second-order valence-electron chi connectivity index (χ2n) is 6.31. The Morgan fingerprint density at radius 1 is 1.26 bits per heavy atom. The normalized spacial score (nSPS) is 11.0. The molecule has 1 aromatic rings. The van der Waals surface area contributed by atoms with Crippen LogP contribution in [-0.4, -0.2) is 48.9 Å². The van der Waals surface area contributed by atoms with Crippen molar-refractivity contribution in [2.75, 3.05) is 37.5 Å². The van der Waals surface area contributed by atoms with Gasteiger partial charge in [-0.3, -0.25) is 9.59 Å².